The molecule has 1 aliphatic heterocycles. The number of carbonyl (C=O) groups excluding carboxylic acids is 2. The molecule has 6 heteroatoms. The average molecular weight is 341 g/mol. The molecule has 0 bridgehead atoms. The van der Waals surface area contributed by atoms with Gasteiger partial charge in [0.05, 0.1) is 25.5 Å². The molecule has 25 heavy (non-hydrogen) atoms. The summed E-state index contributed by atoms with van der Waals surface area (Å²) < 4.78 is 15.3. The lowest BCUT2D eigenvalue weighted by molar-refractivity contribution is -0.139. The summed E-state index contributed by atoms with van der Waals surface area (Å²) in [5, 5.41) is 0. The maximum Gasteiger partial charge on any atom is 0.355 e. The van der Waals surface area contributed by atoms with Crippen LogP contribution in [0.25, 0.3) is 0 Å². The van der Waals surface area contributed by atoms with Gasteiger partial charge in [0.15, 0.2) is 0 Å². The molecule has 0 radical (unpaired) electrons. The van der Waals surface area contributed by atoms with Gasteiger partial charge in [-0.1, -0.05) is 30.9 Å². The Morgan fingerprint density at radius 1 is 1.12 bits per heavy atom. The van der Waals surface area contributed by atoms with Crippen molar-refractivity contribution in [3.8, 4) is 5.75 Å². The highest BCUT2D eigenvalue weighted by atomic mass is 16.5. The van der Waals surface area contributed by atoms with Crippen LogP contribution >= 0.6 is 0 Å². The summed E-state index contributed by atoms with van der Waals surface area (Å²) in [5.41, 5.74) is 0.693. The van der Waals surface area contributed by atoms with Crippen LogP contribution in [0.2, 0.25) is 0 Å². The molecule has 1 aliphatic rings. The summed E-state index contributed by atoms with van der Waals surface area (Å²) in [6.07, 6.45) is 8.11. The second-order valence-electron chi connectivity index (χ2n) is 4.88. The molecule has 0 aromatic heterocycles. The van der Waals surface area contributed by atoms with Gasteiger partial charge in [0.25, 0.3) is 0 Å². The minimum absolute atomic E-state index is 0.0361. The monoisotopic (exact) mass is 341 g/mol. The van der Waals surface area contributed by atoms with Crippen molar-refractivity contribution in [2.75, 3.05) is 25.7 Å². The molecule has 6 nitrogen and oxygen atoms in total. The number of rotatable bonds is 6. The van der Waals surface area contributed by atoms with Crippen LogP contribution in [-0.4, -0.2) is 32.8 Å². The van der Waals surface area contributed by atoms with E-state index in [0.717, 1.165) is 0 Å². The Labute approximate surface area is 146 Å². The number of anilines is 1. The van der Waals surface area contributed by atoms with Gasteiger partial charge in [-0.05, 0) is 24.3 Å². The van der Waals surface area contributed by atoms with E-state index in [1.165, 1.54) is 25.2 Å². The molecule has 0 aliphatic carbocycles. The number of esters is 2. The Morgan fingerprint density at radius 3 is 2.52 bits per heavy atom. The van der Waals surface area contributed by atoms with E-state index >= 15 is 0 Å². The van der Waals surface area contributed by atoms with Gasteiger partial charge >= 0.3 is 11.9 Å². The number of ether oxygens (including phenoxy) is 3. The number of hydrogen-bond donors (Lipinski definition) is 0. The number of para-hydroxylation sites is 2. The van der Waals surface area contributed by atoms with Crippen molar-refractivity contribution in [2.24, 2.45) is 0 Å². The van der Waals surface area contributed by atoms with Crippen molar-refractivity contribution >= 4 is 17.6 Å². The highest BCUT2D eigenvalue weighted by Crippen LogP contribution is 2.33. The Kier molecular flexibility index (Phi) is 6.17. The molecule has 1 heterocycles. The largest absolute Gasteiger partial charge is 0.487 e. The topological polar surface area (TPSA) is 65.1 Å². The zero-order valence-corrected chi connectivity index (χ0v) is 14.1. The molecule has 130 valence electrons. The van der Waals surface area contributed by atoms with Gasteiger partial charge in [0, 0.05) is 6.20 Å². The summed E-state index contributed by atoms with van der Waals surface area (Å²) in [4.78, 5) is 26.1. The number of methoxy groups -OCH3 is 2. The van der Waals surface area contributed by atoms with Gasteiger partial charge in [0.1, 0.15) is 18.1 Å². The number of nitrogens with zero attached hydrogens (tertiary/aromatic N) is 1. The predicted octanol–water partition coefficient (Wildman–Crippen LogP) is 2.74. The molecule has 0 saturated carbocycles. The Balaban J connectivity index is 2.63. The van der Waals surface area contributed by atoms with Crippen LogP contribution in [0.5, 0.6) is 5.75 Å². The number of benzene rings is 1. The minimum atomic E-state index is -0.671. The molecule has 0 N–H and O–H groups in total. The second-order valence-corrected chi connectivity index (χ2v) is 4.88. The highest BCUT2D eigenvalue weighted by molar-refractivity contribution is 6.05. The first kappa shape index (κ1) is 18.1. The molecule has 0 fully saturated rings. The van der Waals surface area contributed by atoms with E-state index < -0.39 is 11.9 Å². The highest BCUT2D eigenvalue weighted by Gasteiger charge is 2.28. The summed E-state index contributed by atoms with van der Waals surface area (Å²) in [6.45, 7) is 3.93. The van der Waals surface area contributed by atoms with E-state index in [4.69, 9.17) is 14.2 Å². The van der Waals surface area contributed by atoms with Gasteiger partial charge in [-0.3, -0.25) is 0 Å². The average Bonchev–Trinajstić information content (AvgIpc) is 2.88. The molecule has 0 unspecified atom stereocenters. The summed E-state index contributed by atoms with van der Waals surface area (Å²) in [7, 11) is 2.50. The first-order valence-electron chi connectivity index (χ1n) is 7.51. The molecule has 0 amide bonds. The lowest BCUT2D eigenvalue weighted by Gasteiger charge is -2.25. The van der Waals surface area contributed by atoms with Crippen molar-refractivity contribution in [1.82, 2.24) is 0 Å². The third kappa shape index (κ3) is 3.98. The minimum Gasteiger partial charge on any atom is -0.487 e. The van der Waals surface area contributed by atoms with Crippen LogP contribution in [-0.2, 0) is 19.1 Å². The van der Waals surface area contributed by atoms with E-state index in [1.807, 2.05) is 6.07 Å². The van der Waals surface area contributed by atoms with Crippen LogP contribution < -0.4 is 9.64 Å². The van der Waals surface area contributed by atoms with E-state index in [2.05, 4.69) is 6.58 Å². The molecule has 1 aromatic carbocycles. The van der Waals surface area contributed by atoms with Gasteiger partial charge in [-0.25, -0.2) is 9.59 Å². The van der Waals surface area contributed by atoms with Crippen molar-refractivity contribution in [3.63, 3.8) is 0 Å². The molecule has 2 rings (SSSR count). The zero-order valence-electron chi connectivity index (χ0n) is 14.1. The number of carbonyl (C=O) groups is 2. The normalized spacial score (nSPS) is 13.3. The van der Waals surface area contributed by atoms with Gasteiger partial charge in [0.2, 0.25) is 0 Å². The van der Waals surface area contributed by atoms with Crippen LogP contribution in [0.4, 0.5) is 5.69 Å². The van der Waals surface area contributed by atoms with Crippen LogP contribution in [0.15, 0.2) is 72.6 Å². The molecular formula is C19H19NO5. The van der Waals surface area contributed by atoms with E-state index in [1.54, 1.807) is 42.6 Å². The predicted molar refractivity (Wildman–Crippen MR) is 94.0 cm³/mol. The first-order valence-corrected chi connectivity index (χ1v) is 7.51. The van der Waals surface area contributed by atoms with E-state index in [-0.39, 0.29) is 11.3 Å². The second kappa shape index (κ2) is 8.54. The fourth-order valence-corrected chi connectivity index (χ4v) is 2.28. The smallest absolute Gasteiger partial charge is 0.355 e. The molecule has 1 aromatic rings. The third-order valence-corrected chi connectivity index (χ3v) is 3.37. The van der Waals surface area contributed by atoms with Crippen LogP contribution in [0.1, 0.15) is 0 Å². The lowest BCUT2D eigenvalue weighted by atomic mass is 10.1. The van der Waals surface area contributed by atoms with E-state index in [9.17, 15) is 9.59 Å². The maximum absolute atomic E-state index is 12.4. The van der Waals surface area contributed by atoms with Gasteiger partial charge < -0.3 is 19.1 Å². The number of allylic oxidation sites excluding steroid dienone is 2. The number of hydrogen-bond acceptors (Lipinski definition) is 6. The molecule has 0 spiro atoms. The Morgan fingerprint density at radius 2 is 1.84 bits per heavy atom. The molecule has 0 saturated heterocycles. The fourth-order valence-electron chi connectivity index (χ4n) is 2.28. The van der Waals surface area contributed by atoms with E-state index in [0.29, 0.717) is 18.0 Å². The van der Waals surface area contributed by atoms with Crippen molar-refractivity contribution < 1.29 is 23.8 Å². The molecular weight excluding hydrogens is 322 g/mol. The van der Waals surface area contributed by atoms with Crippen molar-refractivity contribution in [3.05, 3.63) is 72.6 Å². The SMILES string of the molecule is C=CCOc1ccccc1N1C=CC=CC(C(=O)OC)=C1C(=O)OC. The third-order valence-electron chi connectivity index (χ3n) is 3.37. The van der Waals surface area contributed by atoms with Crippen LogP contribution in [0, 0.1) is 0 Å². The summed E-state index contributed by atoms with van der Waals surface area (Å²) in [5.74, 6) is -0.787. The van der Waals surface area contributed by atoms with Gasteiger partial charge in [-0.2, -0.15) is 0 Å². The Bertz CT molecular complexity index is 761. The quantitative estimate of drug-likeness (QED) is 0.585. The Hall–Kier alpha value is -3.28. The summed E-state index contributed by atoms with van der Waals surface area (Å²) in [6, 6.07) is 7.14. The van der Waals surface area contributed by atoms with Crippen molar-refractivity contribution in [1.29, 1.82) is 0 Å². The zero-order chi connectivity index (χ0) is 18.2. The lowest BCUT2D eigenvalue weighted by Crippen LogP contribution is -2.27. The first-order chi connectivity index (χ1) is 12.1. The molecule has 0 atom stereocenters. The summed E-state index contributed by atoms with van der Waals surface area (Å²) >= 11 is 0. The van der Waals surface area contributed by atoms with Gasteiger partial charge in [-0.15, -0.1) is 0 Å². The fraction of sp³-hybridized carbons (Fsp3) is 0.158. The maximum atomic E-state index is 12.4. The standard InChI is InChI=1S/C19H19NO5/c1-4-13-25-16-11-6-5-10-15(16)20-12-8-7-9-14(18(21)23-2)17(20)19(22)24-3/h4-12H,1,13H2,2-3H3. The van der Waals surface area contributed by atoms with Crippen LogP contribution in [0.3, 0.4) is 0 Å². The van der Waals surface area contributed by atoms with Crippen molar-refractivity contribution in [2.45, 2.75) is 0 Å².